The molecule has 0 spiro atoms. The maximum atomic E-state index is 10.3. The third-order valence-corrected chi connectivity index (χ3v) is 4.20. The van der Waals surface area contributed by atoms with Gasteiger partial charge < -0.3 is 20.5 Å². The normalized spacial score (nSPS) is 12.5. The number of aliphatic hydroxyl groups excluding tert-OH is 1. The topological polar surface area (TPSA) is 65.9 Å². The minimum absolute atomic E-state index is 0.477. The minimum atomic E-state index is -0.477. The Kier molecular flexibility index (Phi) is 8.65. The molecule has 0 radical (unpaired) electrons. The standard InChI is InChI=1S/C22H31N3O2/c1-4-23-22(24-14-13-20(26)19-9-7-6-8-10-19)25-16-18-11-12-21(27-5-2)17(3)15-18/h6-12,15,20,26H,4-5,13-14,16H2,1-3H3,(H2,23,24,25). The molecule has 1 atom stereocenters. The molecule has 0 bridgehead atoms. The van der Waals surface area contributed by atoms with Crippen LogP contribution in [0.1, 0.15) is 43.1 Å². The van der Waals surface area contributed by atoms with Crippen molar-refractivity contribution in [3.05, 3.63) is 65.2 Å². The summed E-state index contributed by atoms with van der Waals surface area (Å²) in [6.07, 6.45) is 0.145. The van der Waals surface area contributed by atoms with Crippen molar-refractivity contribution in [2.75, 3.05) is 19.7 Å². The van der Waals surface area contributed by atoms with E-state index in [0.29, 0.717) is 26.1 Å². The quantitative estimate of drug-likeness (QED) is 0.467. The number of nitrogens with zero attached hydrogens (tertiary/aromatic N) is 1. The minimum Gasteiger partial charge on any atom is -0.494 e. The molecule has 0 aliphatic carbocycles. The Balaban J connectivity index is 1.89. The van der Waals surface area contributed by atoms with Crippen LogP contribution in [0.3, 0.4) is 0 Å². The maximum absolute atomic E-state index is 10.3. The first kappa shape index (κ1) is 20.8. The van der Waals surface area contributed by atoms with Gasteiger partial charge >= 0.3 is 0 Å². The third kappa shape index (κ3) is 6.94. The maximum Gasteiger partial charge on any atom is 0.191 e. The van der Waals surface area contributed by atoms with E-state index in [0.717, 1.165) is 34.9 Å². The van der Waals surface area contributed by atoms with E-state index in [1.165, 1.54) is 0 Å². The van der Waals surface area contributed by atoms with E-state index in [2.05, 4.69) is 21.7 Å². The van der Waals surface area contributed by atoms with Crippen LogP contribution >= 0.6 is 0 Å². The van der Waals surface area contributed by atoms with Crippen LogP contribution in [-0.2, 0) is 6.54 Å². The van der Waals surface area contributed by atoms with E-state index < -0.39 is 6.10 Å². The first-order valence-corrected chi connectivity index (χ1v) is 9.61. The van der Waals surface area contributed by atoms with E-state index in [9.17, 15) is 5.11 Å². The van der Waals surface area contributed by atoms with Crippen molar-refractivity contribution in [3.8, 4) is 5.75 Å². The zero-order valence-corrected chi connectivity index (χ0v) is 16.5. The number of ether oxygens (including phenoxy) is 1. The first-order valence-electron chi connectivity index (χ1n) is 9.61. The lowest BCUT2D eigenvalue weighted by Gasteiger charge is -2.14. The Morgan fingerprint density at radius 3 is 2.56 bits per heavy atom. The molecule has 2 aromatic rings. The lowest BCUT2D eigenvalue weighted by molar-refractivity contribution is 0.168. The van der Waals surface area contributed by atoms with Gasteiger partial charge in [-0.25, -0.2) is 4.99 Å². The highest BCUT2D eigenvalue weighted by Crippen LogP contribution is 2.19. The summed E-state index contributed by atoms with van der Waals surface area (Å²) in [4.78, 5) is 4.64. The second-order valence-electron chi connectivity index (χ2n) is 6.37. The average molecular weight is 370 g/mol. The molecule has 27 heavy (non-hydrogen) atoms. The molecule has 1 unspecified atom stereocenters. The fraction of sp³-hybridized carbons (Fsp3) is 0.409. The van der Waals surface area contributed by atoms with E-state index in [1.807, 2.05) is 63.2 Å². The van der Waals surface area contributed by atoms with Gasteiger partial charge in [-0.1, -0.05) is 42.5 Å². The molecule has 5 nitrogen and oxygen atoms in total. The van der Waals surface area contributed by atoms with Crippen LogP contribution in [0.4, 0.5) is 0 Å². The predicted molar refractivity (Wildman–Crippen MR) is 111 cm³/mol. The molecule has 0 saturated carbocycles. The van der Waals surface area contributed by atoms with Crippen LogP contribution in [0.15, 0.2) is 53.5 Å². The van der Waals surface area contributed by atoms with Gasteiger partial charge in [-0.15, -0.1) is 0 Å². The molecule has 0 amide bonds. The molecule has 0 aromatic heterocycles. The molecule has 5 heteroatoms. The summed E-state index contributed by atoms with van der Waals surface area (Å²) >= 11 is 0. The van der Waals surface area contributed by atoms with E-state index in [-0.39, 0.29) is 0 Å². The molecule has 146 valence electrons. The van der Waals surface area contributed by atoms with Crippen LogP contribution in [-0.4, -0.2) is 30.8 Å². The number of hydrogen-bond donors (Lipinski definition) is 3. The fourth-order valence-corrected chi connectivity index (χ4v) is 2.81. The summed E-state index contributed by atoms with van der Waals surface area (Å²) < 4.78 is 5.58. The number of benzene rings is 2. The zero-order chi connectivity index (χ0) is 19.5. The predicted octanol–water partition coefficient (Wildman–Crippen LogP) is 3.57. The summed E-state index contributed by atoms with van der Waals surface area (Å²) in [5.41, 5.74) is 3.19. The Hall–Kier alpha value is -2.53. The number of aryl methyl sites for hydroxylation is 1. The summed E-state index contributed by atoms with van der Waals surface area (Å²) in [5, 5.41) is 16.8. The van der Waals surface area contributed by atoms with Gasteiger partial charge in [0.15, 0.2) is 5.96 Å². The van der Waals surface area contributed by atoms with Crippen LogP contribution in [0.25, 0.3) is 0 Å². The fourth-order valence-electron chi connectivity index (χ4n) is 2.81. The molecular formula is C22H31N3O2. The van der Waals surface area contributed by atoms with Crippen molar-refractivity contribution in [1.29, 1.82) is 0 Å². The van der Waals surface area contributed by atoms with E-state index in [4.69, 9.17) is 4.74 Å². The Morgan fingerprint density at radius 1 is 1.11 bits per heavy atom. The second kappa shape index (κ2) is 11.2. The molecular weight excluding hydrogens is 338 g/mol. The lowest BCUT2D eigenvalue weighted by Crippen LogP contribution is -2.38. The van der Waals surface area contributed by atoms with Crippen LogP contribution in [0.2, 0.25) is 0 Å². The number of rotatable bonds is 9. The number of hydrogen-bond acceptors (Lipinski definition) is 3. The van der Waals surface area contributed by atoms with Crippen molar-refractivity contribution < 1.29 is 9.84 Å². The first-order chi connectivity index (χ1) is 13.1. The number of nitrogens with one attached hydrogen (secondary N) is 2. The van der Waals surface area contributed by atoms with Gasteiger partial charge in [0, 0.05) is 13.1 Å². The van der Waals surface area contributed by atoms with Crippen molar-refractivity contribution in [2.24, 2.45) is 4.99 Å². The van der Waals surface area contributed by atoms with Gasteiger partial charge in [0.05, 0.1) is 19.3 Å². The highest BCUT2D eigenvalue weighted by atomic mass is 16.5. The third-order valence-electron chi connectivity index (χ3n) is 4.20. The van der Waals surface area contributed by atoms with Crippen LogP contribution in [0, 0.1) is 6.92 Å². The zero-order valence-electron chi connectivity index (χ0n) is 16.5. The van der Waals surface area contributed by atoms with Crippen molar-refractivity contribution in [3.63, 3.8) is 0 Å². The summed E-state index contributed by atoms with van der Waals surface area (Å²) in [7, 11) is 0. The molecule has 2 rings (SSSR count). The Labute approximate surface area is 162 Å². The van der Waals surface area contributed by atoms with Gasteiger partial charge in [-0.2, -0.15) is 0 Å². The molecule has 3 N–H and O–H groups in total. The van der Waals surface area contributed by atoms with Gasteiger partial charge in [-0.3, -0.25) is 0 Å². The van der Waals surface area contributed by atoms with Crippen molar-refractivity contribution in [1.82, 2.24) is 10.6 Å². The molecule has 0 saturated heterocycles. The Morgan fingerprint density at radius 2 is 1.89 bits per heavy atom. The van der Waals surface area contributed by atoms with Crippen molar-refractivity contribution in [2.45, 2.75) is 39.8 Å². The SMILES string of the molecule is CCNC(=NCc1ccc(OCC)c(C)c1)NCCC(O)c1ccccc1. The molecule has 0 heterocycles. The number of guanidine groups is 1. The molecule has 0 fully saturated rings. The van der Waals surface area contributed by atoms with E-state index in [1.54, 1.807) is 0 Å². The Bertz CT molecular complexity index is 717. The molecule has 2 aromatic carbocycles. The number of aliphatic imine (C=N–C) groups is 1. The largest absolute Gasteiger partial charge is 0.494 e. The highest BCUT2D eigenvalue weighted by Gasteiger charge is 2.07. The highest BCUT2D eigenvalue weighted by molar-refractivity contribution is 5.79. The lowest BCUT2D eigenvalue weighted by atomic mass is 10.1. The second-order valence-corrected chi connectivity index (χ2v) is 6.37. The molecule has 0 aliphatic rings. The van der Waals surface area contributed by atoms with Gasteiger partial charge in [0.25, 0.3) is 0 Å². The monoisotopic (exact) mass is 369 g/mol. The van der Waals surface area contributed by atoms with Gasteiger partial charge in [0.2, 0.25) is 0 Å². The number of aliphatic hydroxyl groups is 1. The summed E-state index contributed by atoms with van der Waals surface area (Å²) in [5.74, 6) is 1.68. The van der Waals surface area contributed by atoms with Gasteiger partial charge in [-0.05, 0) is 49.9 Å². The van der Waals surface area contributed by atoms with E-state index >= 15 is 0 Å². The summed E-state index contributed by atoms with van der Waals surface area (Å²) in [6.45, 7) is 8.76. The smallest absolute Gasteiger partial charge is 0.191 e. The van der Waals surface area contributed by atoms with Crippen molar-refractivity contribution >= 4 is 5.96 Å². The van der Waals surface area contributed by atoms with Gasteiger partial charge in [0.1, 0.15) is 5.75 Å². The molecule has 0 aliphatic heterocycles. The van der Waals surface area contributed by atoms with Crippen LogP contribution < -0.4 is 15.4 Å². The van der Waals surface area contributed by atoms with Crippen LogP contribution in [0.5, 0.6) is 5.75 Å². The average Bonchev–Trinajstić information content (AvgIpc) is 2.68. The summed E-state index contributed by atoms with van der Waals surface area (Å²) in [6, 6.07) is 15.9.